The maximum atomic E-state index is 12.4. The molecular formula is C16H20N4O4S. The molecule has 0 saturated heterocycles. The number of aromatic nitrogens is 3. The Hall–Kier alpha value is -2.42. The molecule has 0 spiro atoms. The highest BCUT2D eigenvalue weighted by molar-refractivity contribution is 8.00. The molecule has 0 saturated carbocycles. The maximum Gasteiger partial charge on any atom is 0.343 e. The summed E-state index contributed by atoms with van der Waals surface area (Å²) in [6.45, 7) is 5.33. The Morgan fingerprint density at radius 1 is 1.40 bits per heavy atom. The van der Waals surface area contributed by atoms with Crippen molar-refractivity contribution in [1.29, 1.82) is 0 Å². The number of nitrogens with one attached hydrogen (secondary N) is 2. The third-order valence-corrected chi connectivity index (χ3v) is 4.72. The summed E-state index contributed by atoms with van der Waals surface area (Å²) < 4.78 is 12.5. The van der Waals surface area contributed by atoms with E-state index in [0.29, 0.717) is 42.1 Å². The molecular weight excluding hydrogens is 344 g/mol. The summed E-state index contributed by atoms with van der Waals surface area (Å²) in [5.74, 6) is 1.11. The Bertz CT molecular complexity index is 817. The van der Waals surface area contributed by atoms with Gasteiger partial charge in [0.05, 0.1) is 5.25 Å². The number of carbonyl (C=O) groups is 1. The molecule has 25 heavy (non-hydrogen) atoms. The Kier molecular flexibility index (Phi) is 5.32. The van der Waals surface area contributed by atoms with Gasteiger partial charge in [-0.15, -0.1) is 5.10 Å². The highest BCUT2D eigenvalue weighted by Crippen LogP contribution is 2.33. The molecule has 2 N–H and O–H groups in total. The number of benzene rings is 1. The second kappa shape index (κ2) is 7.64. The summed E-state index contributed by atoms with van der Waals surface area (Å²) >= 11 is 1.24. The van der Waals surface area contributed by atoms with Crippen LogP contribution in [-0.4, -0.2) is 39.1 Å². The first-order chi connectivity index (χ1) is 12.1. The van der Waals surface area contributed by atoms with Crippen molar-refractivity contribution >= 4 is 23.4 Å². The minimum Gasteiger partial charge on any atom is -0.486 e. The largest absolute Gasteiger partial charge is 0.486 e. The number of amides is 1. The van der Waals surface area contributed by atoms with Crippen LogP contribution >= 0.6 is 11.8 Å². The number of aromatic amines is 1. The highest BCUT2D eigenvalue weighted by Gasteiger charge is 2.20. The fourth-order valence-electron chi connectivity index (χ4n) is 2.39. The summed E-state index contributed by atoms with van der Waals surface area (Å²) in [5.41, 5.74) is 0.374. The van der Waals surface area contributed by atoms with Crippen LogP contribution in [-0.2, 0) is 11.3 Å². The molecule has 1 aromatic heterocycles. The average molecular weight is 364 g/mol. The van der Waals surface area contributed by atoms with Gasteiger partial charge >= 0.3 is 5.69 Å². The van der Waals surface area contributed by atoms with E-state index in [0.717, 1.165) is 6.42 Å². The van der Waals surface area contributed by atoms with Gasteiger partial charge in [-0.3, -0.25) is 9.36 Å². The van der Waals surface area contributed by atoms with E-state index >= 15 is 0 Å². The molecule has 0 bridgehead atoms. The highest BCUT2D eigenvalue weighted by atomic mass is 32.2. The van der Waals surface area contributed by atoms with Gasteiger partial charge in [-0.2, -0.15) is 0 Å². The summed E-state index contributed by atoms with van der Waals surface area (Å²) in [6, 6.07) is 5.28. The monoisotopic (exact) mass is 364 g/mol. The fraction of sp³-hybridized carbons (Fsp3) is 0.438. The van der Waals surface area contributed by atoms with Gasteiger partial charge in [0.25, 0.3) is 0 Å². The summed E-state index contributed by atoms with van der Waals surface area (Å²) in [7, 11) is 0. The molecule has 0 fully saturated rings. The van der Waals surface area contributed by atoms with Crippen molar-refractivity contribution in [3.63, 3.8) is 0 Å². The van der Waals surface area contributed by atoms with E-state index in [2.05, 4.69) is 15.5 Å². The van der Waals surface area contributed by atoms with E-state index in [9.17, 15) is 9.59 Å². The molecule has 1 atom stereocenters. The van der Waals surface area contributed by atoms with Crippen molar-refractivity contribution in [3.05, 3.63) is 28.7 Å². The zero-order valence-corrected chi connectivity index (χ0v) is 14.9. The van der Waals surface area contributed by atoms with Crippen molar-refractivity contribution in [2.24, 2.45) is 0 Å². The van der Waals surface area contributed by atoms with Crippen LogP contribution in [0.15, 0.2) is 28.2 Å². The van der Waals surface area contributed by atoms with Crippen LogP contribution in [0.25, 0.3) is 0 Å². The molecule has 2 heterocycles. The van der Waals surface area contributed by atoms with E-state index in [4.69, 9.17) is 9.47 Å². The Morgan fingerprint density at radius 2 is 2.16 bits per heavy atom. The molecule has 1 aliphatic heterocycles. The third-order valence-electron chi connectivity index (χ3n) is 3.63. The number of rotatable bonds is 6. The lowest BCUT2D eigenvalue weighted by Gasteiger charge is -2.19. The second-order valence-corrected chi connectivity index (χ2v) is 6.88. The molecule has 1 aromatic carbocycles. The molecule has 1 aliphatic rings. The van der Waals surface area contributed by atoms with Gasteiger partial charge in [0.1, 0.15) is 13.2 Å². The van der Waals surface area contributed by atoms with Gasteiger partial charge in [0, 0.05) is 18.3 Å². The van der Waals surface area contributed by atoms with Crippen molar-refractivity contribution in [3.8, 4) is 11.5 Å². The average Bonchev–Trinajstić information content (AvgIpc) is 2.95. The first-order valence-corrected chi connectivity index (χ1v) is 8.99. The SMILES string of the molecule is CCCn1c(SC(C)C(=O)Nc2ccc3c(c2)OCCO3)n[nH]c1=O. The first-order valence-electron chi connectivity index (χ1n) is 8.11. The van der Waals surface area contributed by atoms with Crippen molar-refractivity contribution in [2.75, 3.05) is 18.5 Å². The zero-order chi connectivity index (χ0) is 17.8. The number of H-pyrrole nitrogens is 1. The number of fused-ring (bicyclic) bond motifs is 1. The van der Waals surface area contributed by atoms with E-state index in [1.165, 1.54) is 11.8 Å². The van der Waals surface area contributed by atoms with Gasteiger partial charge < -0.3 is 14.8 Å². The molecule has 0 aliphatic carbocycles. The Labute approximate surface area is 148 Å². The minimum atomic E-state index is -0.418. The van der Waals surface area contributed by atoms with Gasteiger partial charge in [0.2, 0.25) is 5.91 Å². The van der Waals surface area contributed by atoms with Crippen LogP contribution in [0, 0.1) is 0 Å². The molecule has 3 rings (SSSR count). The van der Waals surface area contributed by atoms with Gasteiger partial charge in [-0.25, -0.2) is 9.89 Å². The molecule has 8 nitrogen and oxygen atoms in total. The number of hydrogen-bond donors (Lipinski definition) is 2. The topological polar surface area (TPSA) is 98.2 Å². The summed E-state index contributed by atoms with van der Waals surface area (Å²) in [4.78, 5) is 24.1. The number of hydrogen-bond acceptors (Lipinski definition) is 6. The predicted molar refractivity (Wildman–Crippen MR) is 94.5 cm³/mol. The quantitative estimate of drug-likeness (QED) is 0.760. The fourth-order valence-corrected chi connectivity index (χ4v) is 3.27. The van der Waals surface area contributed by atoms with Crippen molar-refractivity contribution in [1.82, 2.24) is 14.8 Å². The lowest BCUT2D eigenvalue weighted by atomic mass is 10.2. The standard InChI is InChI=1S/C16H20N4O4S/c1-3-6-20-15(22)18-19-16(20)25-10(2)14(21)17-11-4-5-12-13(9-11)24-8-7-23-12/h4-5,9-10H,3,6-8H2,1-2H3,(H,17,21)(H,18,22). The Balaban J connectivity index is 1.66. The van der Waals surface area contributed by atoms with Crippen molar-refractivity contribution < 1.29 is 14.3 Å². The minimum absolute atomic E-state index is 0.180. The van der Waals surface area contributed by atoms with E-state index in [1.54, 1.807) is 29.7 Å². The first kappa shape index (κ1) is 17.4. The van der Waals surface area contributed by atoms with Crippen LogP contribution < -0.4 is 20.5 Å². The van der Waals surface area contributed by atoms with Crippen LogP contribution in [0.2, 0.25) is 0 Å². The number of anilines is 1. The number of ether oxygens (including phenoxy) is 2. The third kappa shape index (κ3) is 3.98. The molecule has 1 amide bonds. The second-order valence-electron chi connectivity index (χ2n) is 5.57. The molecule has 9 heteroatoms. The molecule has 1 unspecified atom stereocenters. The van der Waals surface area contributed by atoms with Crippen LogP contribution in [0.3, 0.4) is 0 Å². The van der Waals surface area contributed by atoms with E-state index in [-0.39, 0.29) is 11.6 Å². The summed E-state index contributed by atoms with van der Waals surface area (Å²) in [5, 5.41) is 9.36. The number of nitrogens with zero attached hydrogens (tertiary/aromatic N) is 2. The van der Waals surface area contributed by atoms with Crippen LogP contribution in [0.1, 0.15) is 20.3 Å². The van der Waals surface area contributed by atoms with Crippen LogP contribution in [0.5, 0.6) is 11.5 Å². The van der Waals surface area contributed by atoms with Gasteiger partial charge in [-0.05, 0) is 25.5 Å². The molecule has 134 valence electrons. The zero-order valence-electron chi connectivity index (χ0n) is 14.1. The molecule has 0 radical (unpaired) electrons. The van der Waals surface area contributed by atoms with Gasteiger partial charge in [-0.1, -0.05) is 18.7 Å². The van der Waals surface area contributed by atoms with E-state index < -0.39 is 5.25 Å². The van der Waals surface area contributed by atoms with Gasteiger partial charge in [0.15, 0.2) is 16.7 Å². The summed E-state index contributed by atoms with van der Waals surface area (Å²) in [6.07, 6.45) is 0.810. The smallest absolute Gasteiger partial charge is 0.343 e. The van der Waals surface area contributed by atoms with Crippen molar-refractivity contribution in [2.45, 2.75) is 37.2 Å². The van der Waals surface area contributed by atoms with E-state index in [1.807, 2.05) is 6.92 Å². The normalized spacial score (nSPS) is 14.2. The Morgan fingerprint density at radius 3 is 2.92 bits per heavy atom. The van der Waals surface area contributed by atoms with Crippen LogP contribution in [0.4, 0.5) is 5.69 Å². The number of thioether (sulfide) groups is 1. The lowest BCUT2D eigenvalue weighted by molar-refractivity contribution is -0.115. The molecule has 2 aromatic rings. The predicted octanol–water partition coefficient (Wildman–Crippen LogP) is 1.87. The maximum absolute atomic E-state index is 12.4. The number of carbonyl (C=O) groups excluding carboxylic acids is 1. The lowest BCUT2D eigenvalue weighted by Crippen LogP contribution is -2.24.